The molecule has 2 aromatic rings. The standard InChI is InChI=1S/C14H13NO4/c1-19-10-5-3-7-2-4-8-9(6-11(16)17)14(18)15-13(10)12(7)8/h3,5H,2,4,6H2,1H3,(H,15,18)(H,16,17). The highest BCUT2D eigenvalue weighted by Crippen LogP contribution is 2.35. The minimum absolute atomic E-state index is 0.239. The first-order chi connectivity index (χ1) is 9.11. The third-order valence-electron chi connectivity index (χ3n) is 3.62. The molecular weight excluding hydrogens is 246 g/mol. The van der Waals surface area contributed by atoms with Gasteiger partial charge in [0.1, 0.15) is 5.75 Å². The third kappa shape index (κ3) is 1.69. The van der Waals surface area contributed by atoms with Gasteiger partial charge < -0.3 is 14.8 Å². The molecule has 0 spiro atoms. The molecule has 0 aliphatic heterocycles. The molecule has 0 unspecified atom stereocenters. The van der Waals surface area contributed by atoms with Crippen LogP contribution in [-0.4, -0.2) is 23.2 Å². The van der Waals surface area contributed by atoms with Gasteiger partial charge in [0.15, 0.2) is 0 Å². The van der Waals surface area contributed by atoms with Crippen molar-refractivity contribution in [2.45, 2.75) is 19.3 Å². The summed E-state index contributed by atoms with van der Waals surface area (Å²) in [6.07, 6.45) is 1.31. The van der Waals surface area contributed by atoms with Crippen molar-refractivity contribution in [1.82, 2.24) is 4.98 Å². The fraction of sp³-hybridized carbons (Fsp3) is 0.286. The number of carboxylic acids is 1. The van der Waals surface area contributed by atoms with E-state index >= 15 is 0 Å². The van der Waals surface area contributed by atoms with Crippen LogP contribution in [0, 0.1) is 0 Å². The number of H-pyrrole nitrogens is 1. The minimum atomic E-state index is -0.988. The molecule has 19 heavy (non-hydrogen) atoms. The Morgan fingerprint density at radius 2 is 2.21 bits per heavy atom. The van der Waals surface area contributed by atoms with Gasteiger partial charge in [-0.05, 0) is 30.0 Å². The number of carbonyl (C=O) groups is 1. The number of benzene rings is 1. The van der Waals surface area contributed by atoms with Crippen molar-refractivity contribution < 1.29 is 14.6 Å². The summed E-state index contributed by atoms with van der Waals surface area (Å²) in [5, 5.41) is 9.88. The van der Waals surface area contributed by atoms with E-state index in [2.05, 4.69) is 4.98 Å². The van der Waals surface area contributed by atoms with Crippen LogP contribution in [-0.2, 0) is 24.1 Å². The highest BCUT2D eigenvalue weighted by molar-refractivity contribution is 5.93. The maximum atomic E-state index is 12.1. The van der Waals surface area contributed by atoms with E-state index in [1.165, 1.54) is 0 Å². The molecule has 98 valence electrons. The monoisotopic (exact) mass is 259 g/mol. The molecule has 1 aliphatic rings. The SMILES string of the molecule is COc1ccc2c3c(c(CC(=O)O)c(=O)[nH]c13)CC2. The number of pyridine rings is 1. The number of aromatic nitrogens is 1. The lowest BCUT2D eigenvalue weighted by molar-refractivity contribution is -0.136. The van der Waals surface area contributed by atoms with E-state index in [-0.39, 0.29) is 12.0 Å². The molecule has 1 aromatic carbocycles. The summed E-state index contributed by atoms with van der Waals surface area (Å²) in [4.78, 5) is 25.7. The van der Waals surface area contributed by atoms with Gasteiger partial charge in [0, 0.05) is 10.9 Å². The number of ether oxygens (including phenoxy) is 1. The largest absolute Gasteiger partial charge is 0.495 e. The second-order valence-electron chi connectivity index (χ2n) is 4.66. The van der Waals surface area contributed by atoms with Gasteiger partial charge in [0.2, 0.25) is 0 Å². The lowest BCUT2D eigenvalue weighted by Crippen LogP contribution is -2.19. The summed E-state index contributed by atoms with van der Waals surface area (Å²) in [6, 6.07) is 3.81. The van der Waals surface area contributed by atoms with Crippen LogP contribution in [0.2, 0.25) is 0 Å². The second kappa shape index (κ2) is 4.12. The number of carboxylic acid groups (broad SMARTS) is 1. The fourth-order valence-corrected chi connectivity index (χ4v) is 2.82. The van der Waals surface area contributed by atoms with Gasteiger partial charge in [-0.2, -0.15) is 0 Å². The number of hydrogen-bond acceptors (Lipinski definition) is 3. The summed E-state index contributed by atoms with van der Waals surface area (Å²) in [5.74, 6) is -0.377. The van der Waals surface area contributed by atoms with Crippen molar-refractivity contribution in [3.63, 3.8) is 0 Å². The van der Waals surface area contributed by atoms with Gasteiger partial charge in [-0.25, -0.2) is 0 Å². The van der Waals surface area contributed by atoms with Gasteiger partial charge in [-0.3, -0.25) is 9.59 Å². The number of nitrogens with one attached hydrogen (secondary N) is 1. The molecule has 5 nitrogen and oxygen atoms in total. The van der Waals surface area contributed by atoms with E-state index in [0.29, 0.717) is 23.3 Å². The molecular formula is C14H13NO4. The maximum absolute atomic E-state index is 12.1. The van der Waals surface area contributed by atoms with Crippen molar-refractivity contribution in [2.75, 3.05) is 7.11 Å². The van der Waals surface area contributed by atoms with Crippen LogP contribution >= 0.6 is 0 Å². The second-order valence-corrected chi connectivity index (χ2v) is 4.66. The van der Waals surface area contributed by atoms with Crippen molar-refractivity contribution in [3.05, 3.63) is 39.2 Å². The zero-order chi connectivity index (χ0) is 13.6. The lowest BCUT2D eigenvalue weighted by atomic mass is 10.0. The first-order valence-electron chi connectivity index (χ1n) is 6.07. The fourth-order valence-electron chi connectivity index (χ4n) is 2.82. The average Bonchev–Trinajstić information content (AvgIpc) is 2.79. The predicted octanol–water partition coefficient (Wildman–Crippen LogP) is 1.26. The van der Waals surface area contributed by atoms with Crippen molar-refractivity contribution in [3.8, 4) is 5.75 Å². The topological polar surface area (TPSA) is 79.4 Å². The van der Waals surface area contributed by atoms with Gasteiger partial charge in [0.25, 0.3) is 5.56 Å². The number of methoxy groups -OCH3 is 1. The Kier molecular flexibility index (Phi) is 2.55. The molecule has 3 rings (SSSR count). The molecule has 0 bridgehead atoms. The van der Waals surface area contributed by atoms with Crippen LogP contribution in [0.5, 0.6) is 5.75 Å². The first kappa shape index (κ1) is 11.8. The lowest BCUT2D eigenvalue weighted by Gasteiger charge is -2.09. The molecule has 1 aromatic heterocycles. The highest BCUT2D eigenvalue weighted by Gasteiger charge is 2.23. The molecule has 0 atom stereocenters. The Labute approximate surface area is 108 Å². The Bertz CT molecular complexity index is 745. The Balaban J connectivity index is 2.38. The van der Waals surface area contributed by atoms with Gasteiger partial charge in [-0.15, -0.1) is 0 Å². The number of rotatable bonds is 3. The van der Waals surface area contributed by atoms with Gasteiger partial charge >= 0.3 is 5.97 Å². The van der Waals surface area contributed by atoms with E-state index in [9.17, 15) is 9.59 Å². The van der Waals surface area contributed by atoms with Crippen LogP contribution in [0.25, 0.3) is 10.9 Å². The highest BCUT2D eigenvalue weighted by atomic mass is 16.5. The van der Waals surface area contributed by atoms with Gasteiger partial charge in [-0.1, -0.05) is 6.07 Å². The Morgan fingerprint density at radius 3 is 2.89 bits per heavy atom. The molecule has 5 heteroatoms. The summed E-state index contributed by atoms with van der Waals surface area (Å²) in [7, 11) is 1.55. The van der Waals surface area contributed by atoms with Crippen LogP contribution in [0.4, 0.5) is 0 Å². The van der Waals surface area contributed by atoms with Crippen molar-refractivity contribution >= 4 is 16.9 Å². The van der Waals surface area contributed by atoms with Crippen LogP contribution in [0.15, 0.2) is 16.9 Å². The Morgan fingerprint density at radius 1 is 1.42 bits per heavy atom. The molecule has 0 radical (unpaired) electrons. The summed E-state index contributed by atoms with van der Waals surface area (Å²) < 4.78 is 5.25. The molecule has 0 fully saturated rings. The summed E-state index contributed by atoms with van der Waals surface area (Å²) in [5.41, 5.74) is 2.70. The van der Waals surface area contributed by atoms with Crippen LogP contribution < -0.4 is 10.3 Å². The number of aryl methyl sites for hydroxylation is 2. The third-order valence-corrected chi connectivity index (χ3v) is 3.62. The molecule has 2 N–H and O–H groups in total. The van der Waals surface area contributed by atoms with Crippen molar-refractivity contribution in [2.24, 2.45) is 0 Å². The molecule has 0 amide bonds. The molecule has 0 saturated carbocycles. The van der Waals surface area contributed by atoms with Crippen LogP contribution in [0.1, 0.15) is 16.7 Å². The number of hydrogen-bond donors (Lipinski definition) is 2. The molecule has 1 aliphatic carbocycles. The van der Waals surface area contributed by atoms with E-state index in [1.54, 1.807) is 7.11 Å². The minimum Gasteiger partial charge on any atom is -0.495 e. The van der Waals surface area contributed by atoms with E-state index in [4.69, 9.17) is 9.84 Å². The van der Waals surface area contributed by atoms with E-state index in [0.717, 1.165) is 22.9 Å². The van der Waals surface area contributed by atoms with Crippen LogP contribution in [0.3, 0.4) is 0 Å². The predicted molar refractivity (Wildman–Crippen MR) is 69.9 cm³/mol. The normalized spacial score (nSPS) is 12.9. The smallest absolute Gasteiger partial charge is 0.308 e. The quantitative estimate of drug-likeness (QED) is 0.869. The molecule has 1 heterocycles. The Hall–Kier alpha value is -2.30. The zero-order valence-electron chi connectivity index (χ0n) is 10.4. The maximum Gasteiger partial charge on any atom is 0.308 e. The van der Waals surface area contributed by atoms with Crippen molar-refractivity contribution in [1.29, 1.82) is 0 Å². The molecule has 0 saturated heterocycles. The zero-order valence-corrected chi connectivity index (χ0v) is 10.4. The number of aromatic amines is 1. The average molecular weight is 259 g/mol. The summed E-state index contributed by atoms with van der Waals surface area (Å²) in [6.45, 7) is 0. The summed E-state index contributed by atoms with van der Waals surface area (Å²) >= 11 is 0. The first-order valence-corrected chi connectivity index (χ1v) is 6.07. The number of aliphatic carboxylic acids is 1. The van der Waals surface area contributed by atoms with E-state index in [1.807, 2.05) is 12.1 Å². The van der Waals surface area contributed by atoms with Gasteiger partial charge in [0.05, 0.1) is 19.0 Å². The van der Waals surface area contributed by atoms with E-state index < -0.39 is 5.97 Å².